The first-order valence-electron chi connectivity index (χ1n) is 52.3. The second-order valence-electron chi connectivity index (χ2n) is 41.4. The van der Waals surface area contributed by atoms with E-state index in [1.165, 1.54) is 148 Å². The number of para-hydroxylation sites is 3. The number of anilines is 4. The number of nitrogens with zero attached hydrogens (tertiary/aromatic N) is 6. The normalized spacial score (nSPS) is 20.2. The predicted molar refractivity (Wildman–Crippen MR) is 603 cm³/mol. The molecule has 6 saturated carbocycles. The summed E-state index contributed by atoms with van der Waals surface area (Å²) in [4.78, 5) is 14.5. The van der Waals surface area contributed by atoms with Crippen molar-refractivity contribution in [3.8, 4) is 5.75 Å². The van der Waals surface area contributed by atoms with Crippen LogP contribution in [-0.4, -0.2) is 103 Å². The van der Waals surface area contributed by atoms with Gasteiger partial charge >= 0.3 is 245 Å². The van der Waals surface area contributed by atoms with E-state index in [1.54, 1.807) is 193 Å². The molecule has 0 amide bonds. The average molecular weight is 2280 g/mol. The van der Waals surface area contributed by atoms with Gasteiger partial charge in [-0.3, -0.25) is 0 Å². The van der Waals surface area contributed by atoms with Crippen molar-refractivity contribution in [1.82, 2.24) is 9.80 Å². The van der Waals surface area contributed by atoms with Crippen molar-refractivity contribution in [3.63, 3.8) is 0 Å². The second kappa shape index (κ2) is 59.7. The van der Waals surface area contributed by atoms with Crippen LogP contribution in [0.5, 0.6) is 5.75 Å². The average Bonchev–Trinajstić information content (AvgIpc) is 1.44. The SMILES string of the molecule is C1CCC([PH+](C2CCCCC2)C2CCCCC2)CC1.C1CCC([PH+](C2CCCCC2)C2CCCCC2)CC1.CC(C)Oc1ccccc1[CH]=[Ru]([Cl])[Cl].CC1=CC(C)=C(N2[CH-]N(C3=C(C)C=C(C)C[C@@H]3C)CC2)[C@H](C)C1.Cc1cc(C)c(N2[CH-]N(c3c(C)cc(C)cc3C)CC2)c(C)c1.Cc1ccccc1N1[CH-]N(c2ccccc2C)CC1.[Cl][Ru]([Cl])=[CH]c1ccccc1.[Cl][Ru]([Cl])=[CH]c1ccccc1. The van der Waals surface area contributed by atoms with Gasteiger partial charge in [-0.15, -0.1) is 0 Å². The van der Waals surface area contributed by atoms with Gasteiger partial charge in [-0.25, -0.2) is 0 Å². The summed E-state index contributed by atoms with van der Waals surface area (Å²) in [5, 5.41) is 0. The van der Waals surface area contributed by atoms with Crippen molar-refractivity contribution < 1.29 is 45.3 Å². The third-order valence-electron chi connectivity index (χ3n) is 29.7. The van der Waals surface area contributed by atoms with Crippen molar-refractivity contribution in [2.75, 3.05) is 58.9 Å². The number of rotatable bonds is 17. The Bertz CT molecular complexity index is 4660. The van der Waals surface area contributed by atoms with Crippen LogP contribution in [0.2, 0.25) is 0 Å². The van der Waals surface area contributed by atoms with E-state index >= 15 is 0 Å². The number of aryl methyl sites for hydroxylation is 8. The first-order valence-corrected chi connectivity index (χ1v) is 72.2. The van der Waals surface area contributed by atoms with Crippen LogP contribution in [0.3, 0.4) is 0 Å². The van der Waals surface area contributed by atoms with Crippen LogP contribution < -0.4 is 24.3 Å². The molecule has 0 spiro atoms. The Morgan fingerprint density at radius 3 is 0.891 bits per heavy atom. The van der Waals surface area contributed by atoms with E-state index in [2.05, 4.69) is 231 Å². The second-order valence-corrected chi connectivity index (χ2v) is 65.4. The zero-order valence-corrected chi connectivity index (χ0v) is 97.9. The minimum absolute atomic E-state index is 0.0465. The predicted octanol–water partition coefficient (Wildman–Crippen LogP) is 35.4. The van der Waals surface area contributed by atoms with E-state index in [0.717, 1.165) is 61.7 Å². The van der Waals surface area contributed by atoms with Gasteiger partial charge in [-0.1, -0.05) is 147 Å². The molecular weight excluding hydrogens is 2110 g/mol. The summed E-state index contributed by atoms with van der Waals surface area (Å²) in [5.74, 6) is 2.09. The van der Waals surface area contributed by atoms with E-state index in [9.17, 15) is 0 Å². The molecule has 11 aliphatic rings. The summed E-state index contributed by atoms with van der Waals surface area (Å²) in [6.07, 6.45) is 54.9. The van der Waals surface area contributed by atoms with Crippen LogP contribution in [0.1, 0.15) is 322 Å². The number of hydrogen-bond acceptors (Lipinski definition) is 7. The summed E-state index contributed by atoms with van der Waals surface area (Å²) in [5.41, 5.74) is 35.6. The number of allylic oxidation sites excluding steroid dienone is 8. The van der Waals surface area contributed by atoms with Crippen molar-refractivity contribution in [2.24, 2.45) is 11.8 Å². The van der Waals surface area contributed by atoms with E-state index in [-0.39, 0.29) is 21.9 Å². The summed E-state index contributed by atoms with van der Waals surface area (Å²) in [7, 11) is 34.2. The van der Waals surface area contributed by atoms with Gasteiger partial charge in [0.25, 0.3) is 0 Å². The van der Waals surface area contributed by atoms with Crippen molar-refractivity contribution in [1.29, 1.82) is 0 Å². The number of hydrogen-bond donors (Lipinski definition) is 0. The molecule has 7 nitrogen and oxygen atoms in total. The summed E-state index contributed by atoms with van der Waals surface area (Å²) in [6.45, 7) is 48.6. The molecule has 18 heteroatoms. The molecule has 7 aromatic carbocycles. The molecule has 3 saturated heterocycles. The molecule has 3 aliphatic heterocycles. The monoisotopic (exact) mass is 2280 g/mol. The summed E-state index contributed by atoms with van der Waals surface area (Å²) >= 11 is -5.00. The molecule has 0 aromatic heterocycles. The molecule has 8 aliphatic carbocycles. The summed E-state index contributed by atoms with van der Waals surface area (Å²) in [6, 6.07) is 53.8. The molecule has 758 valence electrons. The molecule has 0 radical (unpaired) electrons. The van der Waals surface area contributed by atoms with E-state index < -0.39 is 40.6 Å². The summed E-state index contributed by atoms with van der Waals surface area (Å²) < 4.78 is 11.4. The molecule has 137 heavy (non-hydrogen) atoms. The van der Waals surface area contributed by atoms with Gasteiger partial charge in [0.05, 0.1) is 34.0 Å². The quantitative estimate of drug-likeness (QED) is 0.0510. The fraction of sp³-hybridized carbons (Fsp3) is 0.529. The maximum absolute atomic E-state index is 5.82. The van der Waals surface area contributed by atoms with Crippen molar-refractivity contribution in [2.45, 2.75) is 356 Å². The Morgan fingerprint density at radius 2 is 0.591 bits per heavy atom. The van der Waals surface area contributed by atoms with Crippen LogP contribution in [-0.2, 0) is 40.6 Å². The zero-order chi connectivity index (χ0) is 97.9. The Labute approximate surface area is 874 Å². The molecule has 18 rings (SSSR count). The van der Waals surface area contributed by atoms with Crippen LogP contribution >= 0.6 is 74.0 Å². The number of ether oxygens (including phenoxy) is 1. The first-order chi connectivity index (χ1) is 66.0. The maximum atomic E-state index is 5.82. The fourth-order valence-electron chi connectivity index (χ4n) is 24.4. The van der Waals surface area contributed by atoms with E-state index in [4.69, 9.17) is 62.9 Å². The van der Waals surface area contributed by atoms with Crippen LogP contribution in [0.25, 0.3) is 0 Å². The Hall–Kier alpha value is -3.82. The van der Waals surface area contributed by atoms with Gasteiger partial charge in [-0.2, -0.15) is 20.0 Å². The first kappa shape index (κ1) is 114. The topological polar surface area (TPSA) is 28.7 Å². The molecule has 0 N–H and O–H groups in total. The minimum atomic E-state index is -1.77. The number of benzene rings is 7. The van der Waals surface area contributed by atoms with Gasteiger partial charge < -0.3 is 29.4 Å². The molecule has 3 heterocycles. The van der Waals surface area contributed by atoms with Gasteiger partial charge in [-0.05, 0) is 330 Å². The molecule has 0 unspecified atom stereocenters. The van der Waals surface area contributed by atoms with Crippen molar-refractivity contribution in [3.05, 3.63) is 285 Å². The third-order valence-corrected chi connectivity index (χ3v) is 44.4. The molecule has 0 bridgehead atoms. The van der Waals surface area contributed by atoms with Crippen LogP contribution in [0, 0.1) is 87.2 Å². The zero-order valence-electron chi connectivity index (χ0n) is 86.1. The van der Waals surface area contributed by atoms with Gasteiger partial charge in [0.1, 0.15) is 0 Å². The van der Waals surface area contributed by atoms with Crippen molar-refractivity contribution >= 4 is 111 Å². The van der Waals surface area contributed by atoms with Gasteiger partial charge in [0, 0.05) is 77.9 Å². The van der Waals surface area contributed by atoms with Gasteiger partial charge in [0.2, 0.25) is 0 Å². The molecule has 7 aromatic rings. The Kier molecular flexibility index (Phi) is 49.5. The standard InChI is InChI=1S/C21H31N2.C21H27N2.2C18H33P.C17H19N2.C10H12O.2C7H6.6ClH.3Ru/c2*1-14-9-16(3)20(17(4)10-14)22-7-8-23(13-22)21-18(5)11-15(2)12-19(21)6;2*1-4-10-16(11-5-1)19(17-12-6-2-7-13-17)18-14-8-3-9-15-18;1-14-7-3-5-9-16(14)18-11-12-19(13-18)17-10-6-4-8-15(17)2;1-8(2)11-10-7-5-4-6-9(10)3;2*1-7-5-3-2-4-6-7;;;;;;;;;/h9,11,13,17,19H,7-8,10,12H2,1-6H3;9-13H,7-8H2,1-6H3;2*16-18H,1-15H2;3-10,13H,11-12H2,1-2H3;3-8H,1-2H3;2*1-6H;6*1H;;;/q2*-1;;;-1;;;;;;;;;;3*+2/p-4/t17-,19+;;;;;;;;;;;;;;;;. The van der Waals surface area contributed by atoms with Crippen LogP contribution in [0.4, 0.5) is 22.7 Å². The number of halogens is 6. The van der Waals surface area contributed by atoms with E-state index in [1.807, 2.05) is 113 Å². The molecular formula is C119H169Cl6N6OP2Ru3-. The fourth-order valence-corrected chi connectivity index (χ4v) is 40.3. The van der Waals surface area contributed by atoms with E-state index in [0.29, 0.717) is 11.8 Å². The molecule has 9 fully saturated rings. The molecule has 2 atom stereocenters. The van der Waals surface area contributed by atoms with Crippen LogP contribution in [0.15, 0.2) is 204 Å². The third kappa shape index (κ3) is 36.4. The Balaban J connectivity index is 0.000000152. The Morgan fingerprint density at radius 1 is 0.321 bits per heavy atom. The van der Waals surface area contributed by atoms with Gasteiger partial charge in [0.15, 0.2) is 0 Å².